The number of hydrogen-bond acceptors (Lipinski definition) is 3. The SMILES string of the molecule is CC(CC(=[OH+])c1ccccc1)=NCC(O)CN=C(C)CC(=[OH+])c1ccccc1.[Cu]. The second-order valence-corrected chi connectivity index (χ2v) is 6.78. The van der Waals surface area contributed by atoms with E-state index in [-0.39, 0.29) is 41.7 Å². The van der Waals surface area contributed by atoms with Gasteiger partial charge in [0.05, 0.1) is 30.3 Å². The molecule has 2 aromatic carbocycles. The van der Waals surface area contributed by atoms with Crippen molar-refractivity contribution >= 4 is 23.0 Å². The topological polar surface area (TPSA) is 87.8 Å². The zero-order valence-electron chi connectivity index (χ0n) is 16.7. The molecule has 0 fully saturated rings. The van der Waals surface area contributed by atoms with Gasteiger partial charge in [0.15, 0.2) is 0 Å². The summed E-state index contributed by atoms with van der Waals surface area (Å²) in [4.78, 5) is 28.9. The first-order valence-corrected chi connectivity index (χ1v) is 9.34. The van der Waals surface area contributed by atoms with E-state index in [1.165, 1.54) is 0 Å². The molecule has 157 valence electrons. The molecule has 0 unspecified atom stereocenters. The standard InChI is InChI=1S/C23H26N2O3.Cu/c1-17(13-22(27)19-9-5-3-6-10-19)24-15-21(26)16-25-18(2)14-23(28)20-11-7-4-8-12-20;/h3-12,21,26H,13-16H2,1-2H3;/p+2. The third kappa shape index (κ3) is 9.09. The summed E-state index contributed by atoms with van der Waals surface area (Å²) in [5, 5.41) is 10.1. The van der Waals surface area contributed by atoms with Crippen LogP contribution in [0.1, 0.15) is 37.8 Å². The van der Waals surface area contributed by atoms with Crippen LogP contribution in [-0.4, -0.2) is 56.9 Å². The number of nitrogens with zero attached hydrogens (tertiary/aromatic N) is 2. The van der Waals surface area contributed by atoms with Crippen molar-refractivity contribution in [3.8, 4) is 0 Å². The molecule has 3 N–H and O–H groups in total. The van der Waals surface area contributed by atoms with E-state index >= 15 is 0 Å². The molecule has 0 bridgehead atoms. The predicted molar refractivity (Wildman–Crippen MR) is 116 cm³/mol. The zero-order chi connectivity index (χ0) is 20.4. The van der Waals surface area contributed by atoms with Crippen molar-refractivity contribution in [1.29, 1.82) is 0 Å². The van der Waals surface area contributed by atoms with Crippen molar-refractivity contribution in [3.05, 3.63) is 71.8 Å². The second-order valence-electron chi connectivity index (χ2n) is 6.78. The van der Waals surface area contributed by atoms with Crippen LogP contribution in [-0.2, 0) is 17.1 Å². The van der Waals surface area contributed by atoms with Crippen LogP contribution >= 0.6 is 0 Å². The van der Waals surface area contributed by atoms with E-state index in [2.05, 4.69) is 9.98 Å². The van der Waals surface area contributed by atoms with Gasteiger partial charge in [-0.05, 0) is 38.1 Å². The van der Waals surface area contributed by atoms with Crippen LogP contribution in [0, 0.1) is 0 Å². The molecule has 0 aliphatic heterocycles. The summed E-state index contributed by atoms with van der Waals surface area (Å²) in [6, 6.07) is 18.7. The summed E-state index contributed by atoms with van der Waals surface area (Å²) in [5.74, 6) is 0.522. The van der Waals surface area contributed by atoms with E-state index in [1.807, 2.05) is 74.5 Å². The van der Waals surface area contributed by atoms with Gasteiger partial charge in [-0.3, -0.25) is 19.6 Å². The van der Waals surface area contributed by atoms with E-state index in [4.69, 9.17) is 0 Å². The number of aliphatic hydroxyl groups is 1. The molecular weight excluding hydrogens is 416 g/mol. The Hall–Kier alpha value is -2.40. The van der Waals surface area contributed by atoms with Crippen molar-refractivity contribution in [2.45, 2.75) is 32.8 Å². The first-order valence-electron chi connectivity index (χ1n) is 9.34. The van der Waals surface area contributed by atoms with E-state index in [1.54, 1.807) is 0 Å². The predicted octanol–water partition coefficient (Wildman–Crippen LogP) is 3.23. The normalized spacial score (nSPS) is 12.8. The number of aliphatic imine (C=N–C) groups is 2. The maximum atomic E-state index is 10.1. The van der Waals surface area contributed by atoms with Crippen molar-refractivity contribution in [3.63, 3.8) is 0 Å². The van der Waals surface area contributed by atoms with Crippen LogP contribution in [0.2, 0.25) is 0 Å². The van der Waals surface area contributed by atoms with Crippen LogP contribution in [0.5, 0.6) is 0 Å². The van der Waals surface area contributed by atoms with Crippen LogP contribution < -0.4 is 0 Å². The molecule has 0 amide bonds. The summed E-state index contributed by atoms with van der Waals surface area (Å²) in [7, 11) is 0. The average molecular weight is 444 g/mol. The van der Waals surface area contributed by atoms with Gasteiger partial charge in [0.1, 0.15) is 12.8 Å². The Kier molecular flexibility index (Phi) is 11.0. The van der Waals surface area contributed by atoms with Gasteiger partial charge in [-0.2, -0.15) is 0 Å². The van der Waals surface area contributed by atoms with Crippen LogP contribution in [0.25, 0.3) is 0 Å². The van der Waals surface area contributed by atoms with E-state index < -0.39 is 6.10 Å². The quantitative estimate of drug-likeness (QED) is 0.260. The summed E-state index contributed by atoms with van der Waals surface area (Å²) in [5.41, 5.74) is 3.03. The van der Waals surface area contributed by atoms with Crippen molar-refractivity contribution in [1.82, 2.24) is 0 Å². The largest absolute Gasteiger partial charge is 0.389 e. The summed E-state index contributed by atoms with van der Waals surface area (Å²) in [6.07, 6.45) is -0.0136. The molecule has 5 nitrogen and oxygen atoms in total. The van der Waals surface area contributed by atoms with E-state index in [0.717, 1.165) is 22.6 Å². The molecule has 1 radical (unpaired) electrons. The number of ketones is 2. The molecule has 0 heterocycles. The Bertz CT molecular complexity index is 777. The van der Waals surface area contributed by atoms with Gasteiger partial charge in [-0.15, -0.1) is 0 Å². The molecule has 0 spiro atoms. The number of rotatable bonds is 10. The number of hydrogen-bond donors (Lipinski definition) is 1. The van der Waals surface area contributed by atoms with Crippen LogP contribution in [0.4, 0.5) is 0 Å². The Labute approximate surface area is 182 Å². The minimum absolute atomic E-state index is 0. The molecule has 2 aromatic rings. The molecule has 0 saturated heterocycles. The Morgan fingerprint density at radius 1 is 0.759 bits per heavy atom. The van der Waals surface area contributed by atoms with Gasteiger partial charge < -0.3 is 5.11 Å². The third-order valence-corrected chi connectivity index (χ3v) is 4.20. The van der Waals surface area contributed by atoms with Crippen LogP contribution in [0.15, 0.2) is 70.6 Å². The molecule has 0 atom stereocenters. The number of carbonyl (C=O) groups excluding carboxylic acids is 2. The van der Waals surface area contributed by atoms with Crippen molar-refractivity contribution in [2.75, 3.05) is 13.1 Å². The van der Waals surface area contributed by atoms with E-state index in [0.29, 0.717) is 12.8 Å². The maximum absolute atomic E-state index is 10.1. The molecule has 0 aliphatic carbocycles. The Morgan fingerprint density at radius 3 is 1.45 bits per heavy atom. The minimum atomic E-state index is -0.706. The first-order chi connectivity index (χ1) is 13.5. The maximum Gasteiger partial charge on any atom is 0.329 e. The van der Waals surface area contributed by atoms with Gasteiger partial charge in [0.25, 0.3) is 0 Å². The fraction of sp³-hybridized carbons (Fsp3) is 0.304. The third-order valence-electron chi connectivity index (χ3n) is 4.20. The number of aliphatic hydroxyl groups excluding tert-OH is 1. The Balaban J connectivity index is 0.00000420. The summed E-state index contributed by atoms with van der Waals surface area (Å²) < 4.78 is 0. The van der Waals surface area contributed by atoms with Gasteiger partial charge in [0.2, 0.25) is 0 Å². The molecule has 0 aromatic heterocycles. The van der Waals surface area contributed by atoms with Gasteiger partial charge in [-0.25, -0.2) is 0 Å². The van der Waals surface area contributed by atoms with Gasteiger partial charge >= 0.3 is 11.6 Å². The summed E-state index contributed by atoms with van der Waals surface area (Å²) >= 11 is 0. The fourth-order valence-corrected chi connectivity index (χ4v) is 2.64. The average Bonchev–Trinajstić information content (AvgIpc) is 2.72. The first kappa shape index (κ1) is 24.6. The van der Waals surface area contributed by atoms with Gasteiger partial charge in [-0.1, -0.05) is 36.4 Å². The minimum Gasteiger partial charge on any atom is -0.389 e. The zero-order valence-corrected chi connectivity index (χ0v) is 17.7. The fourth-order valence-electron chi connectivity index (χ4n) is 2.64. The molecule has 6 heteroatoms. The second kappa shape index (κ2) is 12.9. The molecule has 29 heavy (non-hydrogen) atoms. The monoisotopic (exact) mass is 443 g/mol. The molecule has 2 rings (SSSR count). The van der Waals surface area contributed by atoms with Crippen molar-refractivity contribution < 1.29 is 31.8 Å². The molecule has 0 aliphatic rings. The molecular formula is C23H28CuN2O3+2. The Morgan fingerprint density at radius 2 is 1.10 bits per heavy atom. The molecule has 0 saturated carbocycles. The van der Waals surface area contributed by atoms with Gasteiger partial charge in [0, 0.05) is 28.5 Å². The van der Waals surface area contributed by atoms with Crippen molar-refractivity contribution in [2.24, 2.45) is 9.98 Å². The summed E-state index contributed by atoms with van der Waals surface area (Å²) in [6.45, 7) is 4.10. The van der Waals surface area contributed by atoms with Crippen LogP contribution in [0.3, 0.4) is 0 Å². The smallest absolute Gasteiger partial charge is 0.329 e. The van der Waals surface area contributed by atoms with E-state index in [9.17, 15) is 14.7 Å². The number of benzene rings is 2.